The molecule has 152 valence electrons. The van der Waals surface area contributed by atoms with E-state index in [1.807, 2.05) is 35.5 Å². The Hall–Kier alpha value is -3.03. The van der Waals surface area contributed by atoms with Crippen LogP contribution in [0.2, 0.25) is 0 Å². The summed E-state index contributed by atoms with van der Waals surface area (Å²) >= 11 is 0. The number of rotatable bonds is 4. The van der Waals surface area contributed by atoms with Gasteiger partial charge in [0, 0.05) is 30.2 Å². The number of nitrogens with zero attached hydrogens (tertiary/aromatic N) is 6. The van der Waals surface area contributed by atoms with Gasteiger partial charge in [0.2, 0.25) is 0 Å². The van der Waals surface area contributed by atoms with Gasteiger partial charge in [0.15, 0.2) is 5.69 Å². The maximum Gasteiger partial charge on any atom is 0.271 e. The Morgan fingerprint density at radius 3 is 2.48 bits per heavy atom. The van der Waals surface area contributed by atoms with E-state index in [0.717, 1.165) is 42.6 Å². The SMILES string of the molecule is Cc1cc(-c2c(C(N)=O)nnn2C2CCC(c3c(C)nn(C)c3C)CC2)ccn1. The molecule has 1 fully saturated rings. The van der Waals surface area contributed by atoms with Gasteiger partial charge < -0.3 is 5.73 Å². The van der Waals surface area contributed by atoms with Crippen molar-refractivity contribution in [1.29, 1.82) is 0 Å². The van der Waals surface area contributed by atoms with E-state index in [1.54, 1.807) is 6.20 Å². The summed E-state index contributed by atoms with van der Waals surface area (Å²) in [6.07, 6.45) is 5.78. The quantitative estimate of drug-likeness (QED) is 0.734. The topological polar surface area (TPSA) is 105 Å². The molecule has 0 bridgehead atoms. The van der Waals surface area contributed by atoms with E-state index >= 15 is 0 Å². The van der Waals surface area contributed by atoms with E-state index < -0.39 is 5.91 Å². The molecule has 2 N–H and O–H groups in total. The Bertz CT molecular complexity index is 1060. The summed E-state index contributed by atoms with van der Waals surface area (Å²) in [5.41, 5.74) is 12.0. The third kappa shape index (κ3) is 3.43. The minimum Gasteiger partial charge on any atom is -0.364 e. The van der Waals surface area contributed by atoms with Crippen LogP contribution in [-0.4, -0.2) is 35.7 Å². The van der Waals surface area contributed by atoms with Crippen LogP contribution >= 0.6 is 0 Å². The van der Waals surface area contributed by atoms with E-state index in [-0.39, 0.29) is 11.7 Å². The molecule has 3 aromatic heterocycles. The Morgan fingerprint density at radius 2 is 1.90 bits per heavy atom. The molecule has 1 aliphatic rings. The number of amides is 1. The van der Waals surface area contributed by atoms with Crippen molar-refractivity contribution >= 4 is 5.91 Å². The van der Waals surface area contributed by atoms with Crippen LogP contribution in [0.1, 0.15) is 70.8 Å². The van der Waals surface area contributed by atoms with Gasteiger partial charge in [-0.05, 0) is 70.1 Å². The maximum atomic E-state index is 12.0. The summed E-state index contributed by atoms with van der Waals surface area (Å²) in [6, 6.07) is 4.01. The van der Waals surface area contributed by atoms with Crippen LogP contribution in [0, 0.1) is 20.8 Å². The molecule has 0 radical (unpaired) electrons. The van der Waals surface area contributed by atoms with Crippen LogP contribution in [0.5, 0.6) is 0 Å². The summed E-state index contributed by atoms with van der Waals surface area (Å²) in [4.78, 5) is 16.2. The molecule has 1 saturated carbocycles. The number of hydrogen-bond acceptors (Lipinski definition) is 5. The van der Waals surface area contributed by atoms with Crippen molar-refractivity contribution < 1.29 is 4.79 Å². The fourth-order valence-corrected chi connectivity index (χ4v) is 4.67. The largest absolute Gasteiger partial charge is 0.364 e. The van der Waals surface area contributed by atoms with Gasteiger partial charge in [0.25, 0.3) is 5.91 Å². The highest BCUT2D eigenvalue weighted by atomic mass is 16.1. The number of pyridine rings is 1. The molecule has 0 aliphatic heterocycles. The number of carbonyl (C=O) groups excluding carboxylic acids is 1. The summed E-state index contributed by atoms with van der Waals surface area (Å²) in [5, 5.41) is 13.0. The van der Waals surface area contributed by atoms with E-state index in [4.69, 9.17) is 5.73 Å². The van der Waals surface area contributed by atoms with Crippen molar-refractivity contribution in [2.75, 3.05) is 0 Å². The van der Waals surface area contributed by atoms with E-state index in [9.17, 15) is 4.79 Å². The van der Waals surface area contributed by atoms with Crippen molar-refractivity contribution in [3.63, 3.8) is 0 Å². The monoisotopic (exact) mass is 393 g/mol. The lowest BCUT2D eigenvalue weighted by molar-refractivity contribution is 0.0996. The van der Waals surface area contributed by atoms with Gasteiger partial charge in [0.05, 0.1) is 11.7 Å². The first-order chi connectivity index (χ1) is 13.9. The minimum absolute atomic E-state index is 0.188. The van der Waals surface area contributed by atoms with Crippen molar-refractivity contribution in [3.8, 4) is 11.3 Å². The summed E-state index contributed by atoms with van der Waals surface area (Å²) < 4.78 is 3.87. The van der Waals surface area contributed by atoms with Crippen molar-refractivity contribution in [2.24, 2.45) is 12.8 Å². The molecule has 1 amide bonds. The van der Waals surface area contributed by atoms with Gasteiger partial charge in [-0.25, -0.2) is 4.68 Å². The highest BCUT2D eigenvalue weighted by Crippen LogP contribution is 2.41. The summed E-state index contributed by atoms with van der Waals surface area (Å²) in [7, 11) is 2.00. The van der Waals surface area contributed by atoms with Crippen LogP contribution in [0.3, 0.4) is 0 Å². The molecule has 3 heterocycles. The molecule has 3 aromatic rings. The molecular weight excluding hydrogens is 366 g/mol. The van der Waals surface area contributed by atoms with Crippen LogP contribution in [0.25, 0.3) is 11.3 Å². The average molecular weight is 393 g/mol. The Labute approximate surface area is 170 Å². The van der Waals surface area contributed by atoms with Crippen LogP contribution < -0.4 is 5.73 Å². The zero-order valence-corrected chi connectivity index (χ0v) is 17.4. The lowest BCUT2D eigenvalue weighted by Gasteiger charge is -2.29. The van der Waals surface area contributed by atoms with Gasteiger partial charge in [-0.2, -0.15) is 5.10 Å². The lowest BCUT2D eigenvalue weighted by atomic mass is 9.81. The number of primary amides is 1. The zero-order chi connectivity index (χ0) is 20.7. The molecule has 0 atom stereocenters. The molecule has 4 rings (SSSR count). The molecular formula is C21H27N7O. The standard InChI is InChI=1S/C21H27N7O/c1-12-11-16(9-10-23-12)20-19(21(22)29)24-26-28(20)17-7-5-15(6-8-17)18-13(2)25-27(4)14(18)3/h9-11,15,17H,5-8H2,1-4H3,(H2,22,29). The Kier molecular flexibility index (Phi) is 4.94. The van der Waals surface area contributed by atoms with Crippen LogP contribution in [-0.2, 0) is 7.05 Å². The zero-order valence-electron chi connectivity index (χ0n) is 17.4. The second-order valence-electron chi connectivity index (χ2n) is 7.99. The minimum atomic E-state index is -0.559. The Morgan fingerprint density at radius 1 is 1.17 bits per heavy atom. The van der Waals surface area contributed by atoms with Crippen molar-refractivity contribution in [3.05, 3.63) is 46.7 Å². The molecule has 1 aliphatic carbocycles. The molecule has 29 heavy (non-hydrogen) atoms. The lowest BCUT2D eigenvalue weighted by Crippen LogP contribution is -2.20. The normalized spacial score (nSPS) is 19.4. The fourth-order valence-electron chi connectivity index (χ4n) is 4.67. The van der Waals surface area contributed by atoms with Crippen LogP contribution in [0.4, 0.5) is 0 Å². The number of aryl methyl sites for hydroxylation is 3. The molecule has 0 aromatic carbocycles. The van der Waals surface area contributed by atoms with E-state index in [0.29, 0.717) is 11.6 Å². The highest BCUT2D eigenvalue weighted by Gasteiger charge is 2.30. The molecule has 0 saturated heterocycles. The molecule has 0 spiro atoms. The number of nitrogens with two attached hydrogens (primary N) is 1. The first kappa shape index (κ1) is 19.3. The van der Waals surface area contributed by atoms with Gasteiger partial charge in [-0.1, -0.05) is 5.21 Å². The molecule has 8 nitrogen and oxygen atoms in total. The van der Waals surface area contributed by atoms with Gasteiger partial charge in [-0.3, -0.25) is 14.5 Å². The average Bonchev–Trinajstić information content (AvgIpc) is 3.23. The Balaban J connectivity index is 1.63. The predicted octanol–water partition coefficient (Wildman–Crippen LogP) is 3.00. The van der Waals surface area contributed by atoms with Crippen molar-refractivity contribution in [1.82, 2.24) is 29.8 Å². The fraction of sp³-hybridized carbons (Fsp3) is 0.476. The summed E-state index contributed by atoms with van der Waals surface area (Å²) in [6.45, 7) is 6.15. The van der Waals surface area contributed by atoms with Crippen LogP contribution in [0.15, 0.2) is 18.3 Å². The second-order valence-corrected chi connectivity index (χ2v) is 7.99. The first-order valence-electron chi connectivity index (χ1n) is 10.0. The van der Waals surface area contributed by atoms with Gasteiger partial charge in [-0.15, -0.1) is 5.10 Å². The summed E-state index contributed by atoms with van der Waals surface area (Å²) in [5.74, 6) is -0.0540. The second kappa shape index (κ2) is 7.42. The predicted molar refractivity (Wildman–Crippen MR) is 109 cm³/mol. The highest BCUT2D eigenvalue weighted by molar-refractivity contribution is 5.96. The first-order valence-corrected chi connectivity index (χ1v) is 10.0. The maximum absolute atomic E-state index is 12.0. The number of hydrogen-bond donors (Lipinski definition) is 1. The molecule has 8 heteroatoms. The van der Waals surface area contributed by atoms with E-state index in [2.05, 4.69) is 34.2 Å². The molecule has 0 unspecified atom stereocenters. The van der Waals surface area contributed by atoms with Crippen molar-refractivity contribution in [2.45, 2.75) is 58.4 Å². The van der Waals surface area contributed by atoms with Gasteiger partial charge in [0.1, 0.15) is 5.69 Å². The van der Waals surface area contributed by atoms with Gasteiger partial charge >= 0.3 is 0 Å². The van der Waals surface area contributed by atoms with E-state index in [1.165, 1.54) is 11.3 Å². The third-order valence-corrected chi connectivity index (χ3v) is 6.11. The third-order valence-electron chi connectivity index (χ3n) is 6.11. The number of aromatic nitrogens is 6. The smallest absolute Gasteiger partial charge is 0.271 e. The number of carbonyl (C=O) groups is 1.